The first kappa shape index (κ1) is 7.15. The lowest BCUT2D eigenvalue weighted by Gasteiger charge is -2.02. The summed E-state index contributed by atoms with van der Waals surface area (Å²) in [6.07, 6.45) is 2.59. The lowest BCUT2D eigenvalue weighted by atomic mass is 10.5. The molecule has 2 nitrogen and oxygen atoms in total. The summed E-state index contributed by atoms with van der Waals surface area (Å²) in [7, 11) is 0. The zero-order valence-corrected chi connectivity index (χ0v) is 6.66. The van der Waals surface area contributed by atoms with Gasteiger partial charge in [0.2, 0.25) is 0 Å². The Morgan fingerprint density at radius 1 is 1.78 bits per heavy atom. The Labute approximate surface area is 64.3 Å². The summed E-state index contributed by atoms with van der Waals surface area (Å²) in [5.74, 6) is 1.70. The van der Waals surface area contributed by atoms with Crippen molar-refractivity contribution in [2.24, 2.45) is 9.98 Å². The molecule has 0 unspecified atom stereocenters. The van der Waals surface area contributed by atoms with E-state index in [1.165, 1.54) is 0 Å². The number of thioether (sulfide) groups is 1. The first-order valence-corrected chi connectivity index (χ1v) is 4.34. The molecule has 0 fully saturated rings. The van der Waals surface area contributed by atoms with Crippen LogP contribution in [-0.2, 0) is 0 Å². The molecule has 0 spiro atoms. The van der Waals surface area contributed by atoms with Crippen LogP contribution >= 0.6 is 24.4 Å². The van der Waals surface area contributed by atoms with Crippen molar-refractivity contribution in [1.82, 2.24) is 0 Å². The third-order valence-corrected chi connectivity index (χ3v) is 2.06. The molecule has 0 aliphatic carbocycles. The third-order valence-electron chi connectivity index (χ3n) is 0.915. The smallest absolute Gasteiger partial charge is 0.111 e. The van der Waals surface area contributed by atoms with Gasteiger partial charge in [0.1, 0.15) is 6.34 Å². The molecule has 1 heterocycles. The first-order chi connectivity index (χ1) is 4.43. The minimum absolute atomic E-state index is 0.826. The van der Waals surface area contributed by atoms with Crippen molar-refractivity contribution in [1.29, 1.82) is 0 Å². The molecule has 0 radical (unpaired) electrons. The summed E-state index contributed by atoms with van der Waals surface area (Å²) < 4.78 is 0. The van der Waals surface area contributed by atoms with Gasteiger partial charge in [0.15, 0.2) is 0 Å². The molecule has 1 aliphatic rings. The average Bonchev–Trinajstić information content (AvgIpc) is 1.91. The Bertz CT molecular complexity index is 142. The van der Waals surface area contributed by atoms with Crippen molar-refractivity contribution in [3.05, 3.63) is 0 Å². The van der Waals surface area contributed by atoms with E-state index in [2.05, 4.69) is 22.6 Å². The van der Waals surface area contributed by atoms with E-state index in [9.17, 15) is 0 Å². The van der Waals surface area contributed by atoms with Crippen LogP contribution in [0.3, 0.4) is 0 Å². The van der Waals surface area contributed by atoms with Crippen LogP contribution in [0, 0.1) is 0 Å². The molecule has 0 aromatic heterocycles. The van der Waals surface area contributed by atoms with E-state index in [0.717, 1.165) is 23.1 Å². The van der Waals surface area contributed by atoms with Crippen molar-refractivity contribution >= 4 is 35.8 Å². The summed E-state index contributed by atoms with van der Waals surface area (Å²) in [4.78, 5) is 7.99. The second-order valence-electron chi connectivity index (χ2n) is 1.57. The first-order valence-electron chi connectivity index (χ1n) is 2.72. The molecule has 0 saturated heterocycles. The largest absolute Gasteiger partial charge is 0.262 e. The lowest BCUT2D eigenvalue weighted by molar-refractivity contribution is 1.31. The van der Waals surface area contributed by atoms with Crippen molar-refractivity contribution in [2.45, 2.75) is 6.42 Å². The molecule has 9 heavy (non-hydrogen) atoms. The van der Waals surface area contributed by atoms with E-state index >= 15 is 0 Å². The van der Waals surface area contributed by atoms with Gasteiger partial charge in [-0.2, -0.15) is 12.6 Å². The fraction of sp³-hybridized carbons (Fsp3) is 0.600. The van der Waals surface area contributed by atoms with Gasteiger partial charge in [-0.3, -0.25) is 4.99 Å². The highest BCUT2D eigenvalue weighted by molar-refractivity contribution is 8.14. The van der Waals surface area contributed by atoms with Crippen LogP contribution in [0.4, 0.5) is 0 Å². The normalized spacial score (nSPS) is 17.7. The second-order valence-corrected chi connectivity index (χ2v) is 3.03. The molecular formula is C5H8N2S2. The van der Waals surface area contributed by atoms with Crippen LogP contribution in [0.5, 0.6) is 0 Å². The molecule has 0 saturated carbocycles. The van der Waals surface area contributed by atoms with Gasteiger partial charge < -0.3 is 0 Å². The number of thiol groups is 1. The van der Waals surface area contributed by atoms with Gasteiger partial charge in [-0.1, -0.05) is 11.8 Å². The number of rotatable bonds is 2. The Morgan fingerprint density at radius 3 is 3.22 bits per heavy atom. The van der Waals surface area contributed by atoms with Crippen LogP contribution in [0.25, 0.3) is 0 Å². The summed E-state index contributed by atoms with van der Waals surface area (Å²) in [5.41, 5.74) is 0. The van der Waals surface area contributed by atoms with Gasteiger partial charge >= 0.3 is 0 Å². The molecule has 1 aliphatic heterocycles. The maximum absolute atomic E-state index is 4.09. The van der Waals surface area contributed by atoms with Crippen LogP contribution in [0.2, 0.25) is 0 Å². The summed E-state index contributed by atoms with van der Waals surface area (Å²) >= 11 is 5.78. The van der Waals surface area contributed by atoms with E-state index in [-0.39, 0.29) is 0 Å². The summed E-state index contributed by atoms with van der Waals surface area (Å²) in [6, 6.07) is 0. The average molecular weight is 160 g/mol. The monoisotopic (exact) mass is 160 g/mol. The molecule has 4 heteroatoms. The van der Waals surface area contributed by atoms with Gasteiger partial charge in [-0.05, 0) is 5.75 Å². The van der Waals surface area contributed by atoms with E-state index in [1.807, 2.05) is 0 Å². The Morgan fingerprint density at radius 2 is 2.67 bits per heavy atom. The van der Waals surface area contributed by atoms with Crippen molar-refractivity contribution < 1.29 is 0 Å². The van der Waals surface area contributed by atoms with E-state index in [1.54, 1.807) is 18.1 Å². The lowest BCUT2D eigenvalue weighted by Crippen LogP contribution is -1.98. The zero-order chi connectivity index (χ0) is 6.53. The van der Waals surface area contributed by atoms with Crippen molar-refractivity contribution in [2.75, 3.05) is 11.6 Å². The molecule has 0 atom stereocenters. The molecule has 0 aromatic rings. The maximum Gasteiger partial charge on any atom is 0.111 e. The molecule has 0 amide bonds. The van der Waals surface area contributed by atoms with E-state index in [0.29, 0.717) is 0 Å². The van der Waals surface area contributed by atoms with Crippen LogP contribution in [0.15, 0.2) is 9.98 Å². The molecular weight excluding hydrogens is 152 g/mol. The second kappa shape index (κ2) is 3.95. The highest BCUT2D eigenvalue weighted by Gasteiger charge is 1.99. The quantitative estimate of drug-likeness (QED) is 0.607. The standard InChI is InChI=1S/C5H8N2S2/c8-2-1-5-7-3-6-4-9-5/h3,8H,1-2,4H2. The highest BCUT2D eigenvalue weighted by Crippen LogP contribution is 2.10. The topological polar surface area (TPSA) is 24.7 Å². The fourth-order valence-electron chi connectivity index (χ4n) is 0.520. The molecule has 0 aromatic carbocycles. The minimum atomic E-state index is 0.826. The third kappa shape index (κ3) is 2.41. The molecule has 0 N–H and O–H groups in total. The number of aliphatic imine (C=N–C) groups is 2. The van der Waals surface area contributed by atoms with Gasteiger partial charge in [-0.25, -0.2) is 4.99 Å². The molecule has 0 bridgehead atoms. The van der Waals surface area contributed by atoms with Crippen LogP contribution in [0.1, 0.15) is 6.42 Å². The number of hydrogen-bond donors (Lipinski definition) is 1. The van der Waals surface area contributed by atoms with Crippen LogP contribution in [-0.4, -0.2) is 23.0 Å². The van der Waals surface area contributed by atoms with E-state index < -0.39 is 0 Å². The Kier molecular flexibility index (Phi) is 3.14. The van der Waals surface area contributed by atoms with Crippen LogP contribution < -0.4 is 0 Å². The maximum atomic E-state index is 4.09. The zero-order valence-electron chi connectivity index (χ0n) is 4.95. The van der Waals surface area contributed by atoms with Gasteiger partial charge in [0.25, 0.3) is 0 Å². The molecule has 1 rings (SSSR count). The minimum Gasteiger partial charge on any atom is -0.262 e. The predicted octanol–water partition coefficient (Wildman–Crippen LogP) is 1.44. The number of hydrogen-bond acceptors (Lipinski definition) is 4. The Hall–Kier alpha value is 0.0400. The Balaban J connectivity index is 2.38. The van der Waals surface area contributed by atoms with Crippen molar-refractivity contribution in [3.63, 3.8) is 0 Å². The van der Waals surface area contributed by atoms with E-state index in [4.69, 9.17) is 0 Å². The SMILES string of the molecule is SCCC1=NC=NCS1. The summed E-state index contributed by atoms with van der Waals surface area (Å²) in [5, 5.41) is 1.15. The van der Waals surface area contributed by atoms with Gasteiger partial charge in [0, 0.05) is 6.42 Å². The summed E-state index contributed by atoms with van der Waals surface area (Å²) in [6.45, 7) is 0. The molecule has 50 valence electrons. The number of nitrogens with zero attached hydrogens (tertiary/aromatic N) is 2. The highest BCUT2D eigenvalue weighted by atomic mass is 32.2. The van der Waals surface area contributed by atoms with Gasteiger partial charge in [-0.15, -0.1) is 0 Å². The van der Waals surface area contributed by atoms with Crippen molar-refractivity contribution in [3.8, 4) is 0 Å². The predicted molar refractivity (Wildman–Crippen MR) is 46.9 cm³/mol. The fourth-order valence-corrected chi connectivity index (χ4v) is 1.54. The van der Waals surface area contributed by atoms with Gasteiger partial charge in [0.05, 0.1) is 10.9 Å².